The third kappa shape index (κ3) is 4.80. The van der Waals surface area contributed by atoms with Gasteiger partial charge in [-0.25, -0.2) is 4.98 Å². The van der Waals surface area contributed by atoms with E-state index in [1.807, 2.05) is 61.5 Å². The molecule has 2 aromatic carbocycles. The van der Waals surface area contributed by atoms with Crippen LogP contribution in [0.5, 0.6) is 0 Å². The third-order valence-corrected chi connectivity index (χ3v) is 3.76. The van der Waals surface area contributed by atoms with Crippen LogP contribution in [0.4, 0.5) is 23.1 Å². The summed E-state index contributed by atoms with van der Waals surface area (Å²) in [6, 6.07) is 17.7. The van der Waals surface area contributed by atoms with E-state index in [0.29, 0.717) is 12.5 Å². The first-order chi connectivity index (χ1) is 12.6. The molecule has 0 spiro atoms. The van der Waals surface area contributed by atoms with Crippen LogP contribution in [0.25, 0.3) is 0 Å². The van der Waals surface area contributed by atoms with Gasteiger partial charge in [0.25, 0.3) is 0 Å². The number of para-hydroxylation sites is 1. The van der Waals surface area contributed by atoms with Gasteiger partial charge < -0.3 is 16.0 Å². The van der Waals surface area contributed by atoms with E-state index in [4.69, 9.17) is 0 Å². The first-order valence-electron chi connectivity index (χ1n) is 8.36. The van der Waals surface area contributed by atoms with Gasteiger partial charge in [-0.05, 0) is 36.8 Å². The van der Waals surface area contributed by atoms with Gasteiger partial charge in [0.2, 0.25) is 11.9 Å². The second-order valence-electron chi connectivity index (χ2n) is 5.95. The molecule has 0 aliphatic heterocycles. The molecule has 0 atom stereocenters. The number of amides is 1. The summed E-state index contributed by atoms with van der Waals surface area (Å²) in [6.07, 6.45) is 1.78. The maximum atomic E-state index is 11.0. The molecule has 6 heteroatoms. The van der Waals surface area contributed by atoms with Crippen LogP contribution in [0.1, 0.15) is 18.1 Å². The molecule has 3 rings (SSSR count). The Balaban J connectivity index is 1.70. The van der Waals surface area contributed by atoms with Gasteiger partial charge in [-0.3, -0.25) is 4.79 Å². The average molecular weight is 347 g/mol. The van der Waals surface area contributed by atoms with E-state index in [1.165, 1.54) is 6.92 Å². The van der Waals surface area contributed by atoms with Crippen LogP contribution < -0.4 is 16.0 Å². The van der Waals surface area contributed by atoms with Gasteiger partial charge in [-0.2, -0.15) is 4.98 Å². The highest BCUT2D eigenvalue weighted by Gasteiger charge is 2.05. The van der Waals surface area contributed by atoms with Crippen LogP contribution in [0.15, 0.2) is 60.8 Å². The highest BCUT2D eigenvalue weighted by atomic mass is 16.1. The number of rotatable bonds is 6. The monoisotopic (exact) mass is 347 g/mol. The third-order valence-electron chi connectivity index (χ3n) is 3.76. The predicted octanol–water partition coefficient (Wildman–Crippen LogP) is 3.91. The Morgan fingerprint density at radius 1 is 0.962 bits per heavy atom. The minimum atomic E-state index is -0.0396. The molecule has 0 unspecified atom stereocenters. The number of carbonyl (C=O) groups is 1. The van der Waals surface area contributed by atoms with Gasteiger partial charge in [-0.1, -0.05) is 30.3 Å². The van der Waals surface area contributed by atoms with E-state index in [9.17, 15) is 4.79 Å². The molecule has 1 aromatic heterocycles. The van der Waals surface area contributed by atoms with Crippen molar-refractivity contribution >= 4 is 29.0 Å². The molecule has 3 N–H and O–H groups in total. The summed E-state index contributed by atoms with van der Waals surface area (Å²) in [5.74, 6) is 1.24. The molecule has 0 saturated carbocycles. The molecule has 0 radical (unpaired) electrons. The van der Waals surface area contributed by atoms with Crippen molar-refractivity contribution < 1.29 is 4.79 Å². The predicted molar refractivity (Wildman–Crippen MR) is 104 cm³/mol. The maximum Gasteiger partial charge on any atom is 0.229 e. The van der Waals surface area contributed by atoms with E-state index in [0.717, 1.165) is 28.3 Å². The van der Waals surface area contributed by atoms with Crippen molar-refractivity contribution in [2.45, 2.75) is 20.4 Å². The lowest BCUT2D eigenvalue weighted by atomic mass is 10.2. The number of hydrogen-bond donors (Lipinski definition) is 3. The Morgan fingerprint density at radius 2 is 1.65 bits per heavy atom. The smallest absolute Gasteiger partial charge is 0.229 e. The fourth-order valence-corrected chi connectivity index (χ4v) is 2.35. The summed E-state index contributed by atoms with van der Waals surface area (Å²) < 4.78 is 0. The Labute approximate surface area is 152 Å². The SMILES string of the molecule is CC(=O)NCc1ccc(Nc2nc(Nc3ccccc3)ncc2C)cc1. The van der Waals surface area contributed by atoms with Crippen molar-refractivity contribution in [2.24, 2.45) is 0 Å². The highest BCUT2D eigenvalue weighted by molar-refractivity contribution is 5.72. The molecular weight excluding hydrogens is 326 g/mol. The second-order valence-corrected chi connectivity index (χ2v) is 5.95. The fraction of sp³-hybridized carbons (Fsp3) is 0.150. The van der Waals surface area contributed by atoms with Crippen LogP contribution >= 0.6 is 0 Å². The minimum Gasteiger partial charge on any atom is -0.352 e. The fourth-order valence-electron chi connectivity index (χ4n) is 2.35. The second kappa shape index (κ2) is 8.11. The number of aryl methyl sites for hydroxylation is 1. The molecule has 0 bridgehead atoms. The number of hydrogen-bond acceptors (Lipinski definition) is 5. The lowest BCUT2D eigenvalue weighted by Gasteiger charge is -2.11. The van der Waals surface area contributed by atoms with Gasteiger partial charge in [0, 0.05) is 36.6 Å². The number of benzene rings is 2. The molecule has 0 aliphatic carbocycles. The van der Waals surface area contributed by atoms with Crippen LogP contribution in [-0.4, -0.2) is 15.9 Å². The molecular formula is C20H21N5O. The molecule has 1 amide bonds. The number of nitrogens with zero attached hydrogens (tertiary/aromatic N) is 2. The van der Waals surface area contributed by atoms with Crippen molar-refractivity contribution in [1.29, 1.82) is 0 Å². The first kappa shape index (κ1) is 17.4. The summed E-state index contributed by atoms with van der Waals surface area (Å²) in [4.78, 5) is 19.9. The molecule has 0 saturated heterocycles. The van der Waals surface area contributed by atoms with Gasteiger partial charge in [0.1, 0.15) is 5.82 Å². The quantitative estimate of drug-likeness (QED) is 0.630. The van der Waals surface area contributed by atoms with E-state index >= 15 is 0 Å². The van der Waals surface area contributed by atoms with Crippen LogP contribution in [0, 0.1) is 6.92 Å². The summed E-state index contributed by atoms with van der Waals surface area (Å²) in [7, 11) is 0. The Bertz CT molecular complexity index is 878. The molecule has 3 aromatic rings. The topological polar surface area (TPSA) is 78.9 Å². The Morgan fingerprint density at radius 3 is 2.35 bits per heavy atom. The average Bonchev–Trinajstić information content (AvgIpc) is 2.65. The van der Waals surface area contributed by atoms with Gasteiger partial charge in [-0.15, -0.1) is 0 Å². The van der Waals surface area contributed by atoms with Crippen molar-refractivity contribution in [1.82, 2.24) is 15.3 Å². The van der Waals surface area contributed by atoms with E-state index < -0.39 is 0 Å². The van der Waals surface area contributed by atoms with E-state index in [2.05, 4.69) is 25.9 Å². The number of anilines is 4. The van der Waals surface area contributed by atoms with Gasteiger partial charge in [0.05, 0.1) is 0 Å². The molecule has 0 aliphatic rings. The zero-order chi connectivity index (χ0) is 18.4. The summed E-state index contributed by atoms with van der Waals surface area (Å²) in [5.41, 5.74) is 3.84. The van der Waals surface area contributed by atoms with Crippen molar-refractivity contribution in [3.05, 3.63) is 71.9 Å². The summed E-state index contributed by atoms with van der Waals surface area (Å²) in [6.45, 7) is 3.99. The van der Waals surface area contributed by atoms with E-state index in [-0.39, 0.29) is 5.91 Å². The Hall–Kier alpha value is -3.41. The zero-order valence-corrected chi connectivity index (χ0v) is 14.8. The molecule has 6 nitrogen and oxygen atoms in total. The first-order valence-corrected chi connectivity index (χ1v) is 8.36. The number of nitrogens with one attached hydrogen (secondary N) is 3. The lowest BCUT2D eigenvalue weighted by Crippen LogP contribution is -2.18. The Kier molecular flexibility index (Phi) is 5.43. The molecule has 1 heterocycles. The molecule has 0 fully saturated rings. The van der Waals surface area contributed by atoms with Crippen molar-refractivity contribution in [3.8, 4) is 0 Å². The number of carbonyl (C=O) groups excluding carboxylic acids is 1. The van der Waals surface area contributed by atoms with E-state index in [1.54, 1.807) is 6.20 Å². The highest BCUT2D eigenvalue weighted by Crippen LogP contribution is 2.21. The van der Waals surface area contributed by atoms with Gasteiger partial charge >= 0.3 is 0 Å². The molecule has 26 heavy (non-hydrogen) atoms. The normalized spacial score (nSPS) is 10.2. The standard InChI is InChI=1S/C20H21N5O/c1-14-12-22-20(24-17-6-4-3-5-7-17)25-19(14)23-18-10-8-16(9-11-18)13-21-15(2)26/h3-12H,13H2,1-2H3,(H,21,26)(H2,22,23,24,25). The summed E-state index contributed by atoms with van der Waals surface area (Å²) >= 11 is 0. The lowest BCUT2D eigenvalue weighted by molar-refractivity contribution is -0.119. The largest absolute Gasteiger partial charge is 0.352 e. The van der Waals surface area contributed by atoms with Crippen LogP contribution in [-0.2, 0) is 11.3 Å². The molecule has 132 valence electrons. The van der Waals surface area contributed by atoms with Crippen LogP contribution in [0.2, 0.25) is 0 Å². The maximum absolute atomic E-state index is 11.0. The van der Waals surface area contributed by atoms with Crippen molar-refractivity contribution in [2.75, 3.05) is 10.6 Å². The van der Waals surface area contributed by atoms with Crippen LogP contribution in [0.3, 0.4) is 0 Å². The van der Waals surface area contributed by atoms with Crippen molar-refractivity contribution in [3.63, 3.8) is 0 Å². The number of aromatic nitrogens is 2. The van der Waals surface area contributed by atoms with Gasteiger partial charge in [0.15, 0.2) is 0 Å². The zero-order valence-electron chi connectivity index (χ0n) is 14.8. The summed E-state index contributed by atoms with van der Waals surface area (Å²) in [5, 5.41) is 9.29. The minimum absolute atomic E-state index is 0.0396.